The third kappa shape index (κ3) is 3.06. The lowest BCUT2D eigenvalue weighted by Gasteiger charge is -2.00. The minimum absolute atomic E-state index is 0.0213. The van der Waals surface area contributed by atoms with E-state index < -0.39 is 11.9 Å². The van der Waals surface area contributed by atoms with E-state index in [1.807, 2.05) is 30.3 Å². The molecule has 0 aliphatic rings. The van der Waals surface area contributed by atoms with E-state index in [1.54, 1.807) is 0 Å². The first-order valence-electron chi connectivity index (χ1n) is 6.24. The average molecular weight is 273 g/mol. The van der Waals surface area contributed by atoms with Crippen LogP contribution in [0.4, 0.5) is 0 Å². The number of amides is 1. The van der Waals surface area contributed by atoms with Gasteiger partial charge in [-0.05, 0) is 12.0 Å². The quantitative estimate of drug-likeness (QED) is 0.874. The monoisotopic (exact) mass is 273 g/mol. The van der Waals surface area contributed by atoms with Crippen molar-refractivity contribution in [1.29, 1.82) is 0 Å². The van der Waals surface area contributed by atoms with Gasteiger partial charge in [-0.15, -0.1) is 0 Å². The van der Waals surface area contributed by atoms with Crippen LogP contribution in [0.15, 0.2) is 40.8 Å². The summed E-state index contributed by atoms with van der Waals surface area (Å²) in [5.41, 5.74) is 1.13. The molecule has 0 unspecified atom stereocenters. The van der Waals surface area contributed by atoms with Gasteiger partial charge in [0, 0.05) is 19.5 Å². The molecule has 0 bridgehead atoms. The number of furan rings is 1. The minimum atomic E-state index is -1.09. The first-order valence-corrected chi connectivity index (χ1v) is 6.24. The number of carboxylic acid groups (broad SMARTS) is 1. The highest BCUT2D eigenvalue weighted by Gasteiger charge is 2.20. The van der Waals surface area contributed by atoms with E-state index in [2.05, 4.69) is 5.32 Å². The summed E-state index contributed by atoms with van der Waals surface area (Å²) in [7, 11) is 1.47. The molecule has 104 valence electrons. The molecule has 2 N–H and O–H groups in total. The molecule has 2 rings (SSSR count). The normalized spacial score (nSPS) is 10.2. The maximum absolute atomic E-state index is 11.5. The number of hydrogen-bond acceptors (Lipinski definition) is 3. The summed E-state index contributed by atoms with van der Waals surface area (Å²) in [5, 5.41) is 11.5. The number of benzene rings is 1. The lowest BCUT2D eigenvalue weighted by Crippen LogP contribution is -2.16. The summed E-state index contributed by atoms with van der Waals surface area (Å²) >= 11 is 0. The first kappa shape index (κ1) is 13.9. The number of hydrogen-bond donors (Lipinski definition) is 2. The number of carbonyl (C=O) groups excluding carboxylic acids is 1. The van der Waals surface area contributed by atoms with Crippen molar-refractivity contribution in [3.8, 4) is 0 Å². The molecule has 5 heteroatoms. The summed E-state index contributed by atoms with van der Waals surface area (Å²) in [6.07, 6.45) is 1.09. The molecule has 0 spiro atoms. The third-order valence-electron chi connectivity index (χ3n) is 2.97. The van der Waals surface area contributed by atoms with Crippen LogP contribution in [0.3, 0.4) is 0 Å². The Kier molecular flexibility index (Phi) is 4.20. The Labute approximate surface area is 116 Å². The van der Waals surface area contributed by atoms with Crippen LogP contribution in [0.1, 0.15) is 32.2 Å². The maximum Gasteiger partial charge on any atom is 0.339 e. The van der Waals surface area contributed by atoms with Gasteiger partial charge in [0.15, 0.2) is 5.76 Å². The van der Waals surface area contributed by atoms with Gasteiger partial charge >= 0.3 is 5.97 Å². The highest BCUT2D eigenvalue weighted by atomic mass is 16.4. The van der Waals surface area contributed by atoms with Crippen molar-refractivity contribution in [1.82, 2.24) is 5.32 Å². The summed E-state index contributed by atoms with van der Waals surface area (Å²) in [6, 6.07) is 11.0. The molecule has 5 nitrogen and oxygen atoms in total. The van der Waals surface area contributed by atoms with Crippen LogP contribution in [0.25, 0.3) is 0 Å². The number of nitrogens with one attached hydrogen (secondary N) is 1. The number of carboxylic acids is 1. The van der Waals surface area contributed by atoms with Crippen LogP contribution < -0.4 is 5.32 Å². The van der Waals surface area contributed by atoms with E-state index in [-0.39, 0.29) is 11.3 Å². The average Bonchev–Trinajstić information content (AvgIpc) is 2.90. The van der Waals surface area contributed by atoms with Gasteiger partial charge in [0.25, 0.3) is 5.91 Å². The second-order valence-corrected chi connectivity index (χ2v) is 4.32. The fourth-order valence-corrected chi connectivity index (χ4v) is 1.93. The van der Waals surface area contributed by atoms with Crippen molar-refractivity contribution < 1.29 is 19.1 Å². The molecule has 0 atom stereocenters. The van der Waals surface area contributed by atoms with Gasteiger partial charge in [-0.2, -0.15) is 0 Å². The van der Waals surface area contributed by atoms with Crippen LogP contribution >= 0.6 is 0 Å². The van der Waals surface area contributed by atoms with Crippen molar-refractivity contribution in [3.63, 3.8) is 0 Å². The SMILES string of the molecule is CNC(=O)c1cc(C(=O)O)c(CCc2ccccc2)o1. The molecular formula is C15H15NO4. The molecule has 0 aliphatic carbocycles. The van der Waals surface area contributed by atoms with Gasteiger partial charge in [-0.25, -0.2) is 4.79 Å². The zero-order chi connectivity index (χ0) is 14.5. The van der Waals surface area contributed by atoms with Gasteiger partial charge in [-0.1, -0.05) is 30.3 Å². The van der Waals surface area contributed by atoms with E-state index in [4.69, 9.17) is 9.52 Å². The number of rotatable bonds is 5. The third-order valence-corrected chi connectivity index (χ3v) is 2.97. The number of aryl methyl sites for hydroxylation is 2. The van der Waals surface area contributed by atoms with Crippen molar-refractivity contribution >= 4 is 11.9 Å². The van der Waals surface area contributed by atoms with E-state index in [1.165, 1.54) is 13.1 Å². The van der Waals surface area contributed by atoms with E-state index in [9.17, 15) is 9.59 Å². The second kappa shape index (κ2) is 6.06. The molecule has 0 radical (unpaired) electrons. The topological polar surface area (TPSA) is 79.5 Å². The largest absolute Gasteiger partial charge is 0.478 e. The lowest BCUT2D eigenvalue weighted by atomic mass is 10.1. The first-order chi connectivity index (χ1) is 9.61. The molecular weight excluding hydrogens is 258 g/mol. The van der Waals surface area contributed by atoms with Gasteiger partial charge in [-0.3, -0.25) is 4.79 Å². The van der Waals surface area contributed by atoms with Crippen molar-refractivity contribution in [3.05, 3.63) is 59.0 Å². The summed E-state index contributed by atoms with van der Waals surface area (Å²) in [4.78, 5) is 22.6. The predicted octanol–water partition coefficient (Wildman–Crippen LogP) is 2.12. The zero-order valence-electron chi connectivity index (χ0n) is 11.1. The molecule has 0 fully saturated rings. The van der Waals surface area contributed by atoms with Crippen LogP contribution in [0.2, 0.25) is 0 Å². The number of aromatic carboxylic acids is 1. The van der Waals surface area contributed by atoms with Crippen LogP contribution in [-0.4, -0.2) is 24.0 Å². The lowest BCUT2D eigenvalue weighted by molar-refractivity contribution is 0.0694. The highest BCUT2D eigenvalue weighted by Crippen LogP contribution is 2.18. The van der Waals surface area contributed by atoms with Crippen LogP contribution in [0.5, 0.6) is 0 Å². The van der Waals surface area contributed by atoms with Crippen LogP contribution in [0, 0.1) is 0 Å². The predicted molar refractivity (Wildman–Crippen MR) is 72.9 cm³/mol. The Morgan fingerprint density at radius 3 is 2.50 bits per heavy atom. The summed E-state index contributed by atoms with van der Waals surface area (Å²) in [6.45, 7) is 0. The molecule has 0 saturated carbocycles. The van der Waals surface area contributed by atoms with E-state index in [0.717, 1.165) is 5.56 Å². The van der Waals surface area contributed by atoms with E-state index >= 15 is 0 Å². The second-order valence-electron chi connectivity index (χ2n) is 4.32. The molecule has 1 aromatic carbocycles. The number of carbonyl (C=O) groups is 2. The van der Waals surface area contributed by atoms with Gasteiger partial charge < -0.3 is 14.8 Å². The highest BCUT2D eigenvalue weighted by molar-refractivity contribution is 5.96. The maximum atomic E-state index is 11.5. The Bertz CT molecular complexity index is 616. The smallest absolute Gasteiger partial charge is 0.339 e. The summed E-state index contributed by atoms with van der Waals surface area (Å²) in [5.74, 6) is -1.18. The van der Waals surface area contributed by atoms with Crippen LogP contribution in [-0.2, 0) is 12.8 Å². The van der Waals surface area contributed by atoms with Crippen molar-refractivity contribution in [2.45, 2.75) is 12.8 Å². The Morgan fingerprint density at radius 1 is 1.20 bits per heavy atom. The summed E-state index contributed by atoms with van der Waals surface area (Å²) < 4.78 is 5.36. The Balaban J connectivity index is 2.19. The molecule has 0 aliphatic heterocycles. The van der Waals surface area contributed by atoms with Gasteiger partial charge in [0.1, 0.15) is 11.3 Å². The molecule has 1 aromatic heterocycles. The van der Waals surface area contributed by atoms with Gasteiger partial charge in [0.05, 0.1) is 0 Å². The fraction of sp³-hybridized carbons (Fsp3) is 0.200. The molecule has 1 amide bonds. The standard InChI is InChI=1S/C15H15NO4/c1-16-14(17)13-9-11(15(18)19)12(20-13)8-7-10-5-3-2-4-6-10/h2-6,9H,7-8H2,1H3,(H,16,17)(H,18,19). The Hall–Kier alpha value is -2.56. The fourth-order valence-electron chi connectivity index (χ4n) is 1.93. The van der Waals surface area contributed by atoms with Crippen molar-refractivity contribution in [2.75, 3.05) is 7.05 Å². The molecule has 1 heterocycles. The molecule has 0 saturated heterocycles. The molecule has 20 heavy (non-hydrogen) atoms. The Morgan fingerprint density at radius 2 is 1.90 bits per heavy atom. The minimum Gasteiger partial charge on any atom is -0.478 e. The van der Waals surface area contributed by atoms with E-state index in [0.29, 0.717) is 18.6 Å². The zero-order valence-corrected chi connectivity index (χ0v) is 11.1. The van der Waals surface area contributed by atoms with Crippen molar-refractivity contribution in [2.24, 2.45) is 0 Å². The van der Waals surface area contributed by atoms with Gasteiger partial charge in [0.2, 0.25) is 0 Å². The molecule has 2 aromatic rings.